The maximum atomic E-state index is 15.0. The molecule has 3 aliphatic rings. The first-order chi connectivity index (χ1) is 11.0. The summed E-state index contributed by atoms with van der Waals surface area (Å²) in [5.41, 5.74) is 4.19. The number of allylic oxidation sites excluding steroid dienone is 6. The van der Waals surface area contributed by atoms with Gasteiger partial charge in [0, 0.05) is 42.6 Å². The van der Waals surface area contributed by atoms with Crippen LogP contribution in [0.5, 0.6) is 0 Å². The van der Waals surface area contributed by atoms with Crippen LogP contribution in [-0.4, -0.2) is 36.1 Å². The molecule has 3 rings (SSSR count). The van der Waals surface area contributed by atoms with Gasteiger partial charge < -0.3 is 10.1 Å². The van der Waals surface area contributed by atoms with Gasteiger partial charge in [-0.25, -0.2) is 4.32 Å². The second kappa shape index (κ2) is 6.26. The summed E-state index contributed by atoms with van der Waals surface area (Å²) >= 11 is 0. The number of carbonyl (C=O) groups is 2. The van der Waals surface area contributed by atoms with E-state index in [1.54, 1.807) is 0 Å². The zero-order chi connectivity index (χ0) is 16.6. The molecule has 2 heterocycles. The lowest BCUT2D eigenvalue weighted by atomic mass is 9.61. The molecule has 1 saturated heterocycles. The van der Waals surface area contributed by atoms with Crippen molar-refractivity contribution in [3.05, 3.63) is 35.0 Å². The quantitative estimate of drug-likeness (QED) is 0.490. The van der Waals surface area contributed by atoms with Crippen molar-refractivity contribution < 1.29 is 18.4 Å². The molecule has 0 aromatic heterocycles. The Morgan fingerprint density at radius 2 is 2.26 bits per heavy atom. The van der Waals surface area contributed by atoms with Crippen LogP contribution in [0.2, 0.25) is 0 Å². The van der Waals surface area contributed by atoms with E-state index in [9.17, 15) is 9.59 Å². The molecule has 2 unspecified atom stereocenters. The highest BCUT2D eigenvalue weighted by atomic mass is 19.1. The van der Waals surface area contributed by atoms with Gasteiger partial charge in [-0.15, -0.1) is 0 Å². The summed E-state index contributed by atoms with van der Waals surface area (Å²) in [5.74, 6) is -0.208. The number of hydrogen-bond acceptors (Lipinski definition) is 2. The number of nitrogens with one attached hydrogen (secondary N) is 1. The summed E-state index contributed by atoms with van der Waals surface area (Å²) in [6.07, 6.45) is 8.49. The van der Waals surface area contributed by atoms with E-state index in [-0.39, 0.29) is 30.7 Å². The van der Waals surface area contributed by atoms with E-state index in [4.69, 9.17) is 0 Å². The molecule has 1 fully saturated rings. The predicted molar refractivity (Wildman–Crippen MR) is 87.6 cm³/mol. The van der Waals surface area contributed by atoms with Crippen LogP contribution in [0, 0.1) is 11.8 Å². The van der Waals surface area contributed by atoms with Crippen LogP contribution in [0.1, 0.15) is 33.1 Å². The van der Waals surface area contributed by atoms with Crippen LogP contribution >= 0.6 is 0 Å². The van der Waals surface area contributed by atoms with E-state index < -0.39 is 7.12 Å². The largest absolute Gasteiger partial charge is 0.732 e. The molecule has 1 N–H and O–H groups in total. The van der Waals surface area contributed by atoms with E-state index in [0.29, 0.717) is 6.29 Å². The zero-order valence-corrected chi connectivity index (χ0v) is 13.5. The molecule has 0 saturated carbocycles. The zero-order valence-electron chi connectivity index (χ0n) is 13.5. The number of nitrogens with zero attached hydrogens (tertiary/aromatic N) is 1. The highest BCUT2D eigenvalue weighted by Gasteiger charge is 2.51. The van der Waals surface area contributed by atoms with Crippen molar-refractivity contribution in [3.63, 3.8) is 0 Å². The van der Waals surface area contributed by atoms with Gasteiger partial charge in [0.1, 0.15) is 12.0 Å². The molecule has 0 radical (unpaired) electrons. The van der Waals surface area contributed by atoms with Crippen molar-refractivity contribution in [1.82, 2.24) is 5.32 Å². The lowest BCUT2D eigenvalue weighted by Gasteiger charge is -2.27. The number of fused-ring (bicyclic) bond motifs is 2. The molecule has 23 heavy (non-hydrogen) atoms. The number of halogens is 1. The van der Waals surface area contributed by atoms with E-state index in [2.05, 4.69) is 12.2 Å². The Morgan fingerprint density at radius 1 is 1.48 bits per heavy atom. The summed E-state index contributed by atoms with van der Waals surface area (Å²) in [5, 5.41) is 2.53. The second-order valence-corrected chi connectivity index (χ2v) is 6.55. The fourth-order valence-electron chi connectivity index (χ4n) is 3.79. The Labute approximate surface area is 136 Å². The van der Waals surface area contributed by atoms with Crippen LogP contribution in [-0.2, 0) is 9.59 Å². The number of hydrogen-bond donors (Lipinski definition) is 1. The fourth-order valence-corrected chi connectivity index (χ4v) is 3.79. The Hall–Kier alpha value is -1.98. The van der Waals surface area contributed by atoms with Crippen molar-refractivity contribution in [2.24, 2.45) is 11.8 Å². The van der Waals surface area contributed by atoms with Crippen LogP contribution in [0.4, 0.5) is 4.32 Å². The summed E-state index contributed by atoms with van der Waals surface area (Å²) in [7, 11) is -1.13. The molecule has 1 aliphatic carbocycles. The third-order valence-electron chi connectivity index (χ3n) is 4.86. The van der Waals surface area contributed by atoms with Gasteiger partial charge in [0.15, 0.2) is 5.70 Å². The molecule has 2 aliphatic heterocycles. The minimum Gasteiger partial charge on any atom is -0.349 e. The van der Waals surface area contributed by atoms with Gasteiger partial charge in [-0.3, -0.25) is 9.28 Å². The topological polar surface area (TPSA) is 49.2 Å². The highest BCUT2D eigenvalue weighted by molar-refractivity contribution is 6.53. The second-order valence-electron chi connectivity index (χ2n) is 6.55. The Bertz CT molecular complexity index is 678. The van der Waals surface area contributed by atoms with Gasteiger partial charge in [0.2, 0.25) is 5.91 Å². The number of rotatable bonds is 4. The average molecular weight is 315 g/mol. The van der Waals surface area contributed by atoms with Gasteiger partial charge >= 0.3 is 7.12 Å². The number of amides is 1. The first-order valence-electron chi connectivity index (χ1n) is 8.06. The lowest BCUT2D eigenvalue weighted by molar-refractivity contribution is -0.346. The Morgan fingerprint density at radius 3 is 3.00 bits per heavy atom. The molecule has 2 atom stereocenters. The van der Waals surface area contributed by atoms with E-state index in [1.807, 2.05) is 29.6 Å². The Kier molecular flexibility index (Phi) is 4.33. The van der Waals surface area contributed by atoms with Crippen molar-refractivity contribution >= 4 is 25.0 Å². The monoisotopic (exact) mass is 315 g/mol. The minimum atomic E-state index is -1.13. The van der Waals surface area contributed by atoms with Gasteiger partial charge in [0.25, 0.3) is 0 Å². The molecule has 4 nitrogen and oxygen atoms in total. The first kappa shape index (κ1) is 15.9. The molecule has 0 spiro atoms. The summed E-state index contributed by atoms with van der Waals surface area (Å²) < 4.78 is 16.9. The number of carbonyl (C=O) groups excluding carboxylic acids is 2. The molecule has 1 amide bonds. The summed E-state index contributed by atoms with van der Waals surface area (Å²) in [6.45, 7) is 4.08. The standard InChI is InChI=1S/C17H20BFN2O2/c1-11-7-12(2)21-16(11)10-14-4-3-13(8-15(14)18(21)19)9-17(23)20-5-6-22/h3-4,6,8,13-14H,5,7,9-10H2,1-2H3/p+1. The lowest BCUT2D eigenvalue weighted by Crippen LogP contribution is -2.39. The van der Waals surface area contributed by atoms with Gasteiger partial charge in [-0.05, 0) is 6.92 Å². The molecular formula is C17H21BFN2O2+. The maximum Gasteiger partial charge on any atom is 0.732 e. The fraction of sp³-hybridized carbons (Fsp3) is 0.471. The van der Waals surface area contributed by atoms with E-state index >= 15 is 4.32 Å². The van der Waals surface area contributed by atoms with Crippen LogP contribution in [0.3, 0.4) is 0 Å². The van der Waals surface area contributed by atoms with E-state index in [0.717, 1.165) is 29.7 Å². The molecule has 0 aromatic carbocycles. The van der Waals surface area contributed by atoms with Crippen molar-refractivity contribution in [1.29, 1.82) is 0 Å². The normalized spacial score (nSPS) is 26.0. The molecule has 0 aromatic rings. The summed E-state index contributed by atoms with van der Waals surface area (Å²) in [6, 6.07) is 0. The first-order valence-corrected chi connectivity index (χ1v) is 8.06. The smallest absolute Gasteiger partial charge is 0.349 e. The third-order valence-corrected chi connectivity index (χ3v) is 4.86. The molecular weight excluding hydrogens is 294 g/mol. The minimum absolute atomic E-state index is 0.0234. The summed E-state index contributed by atoms with van der Waals surface area (Å²) in [4.78, 5) is 22.0. The molecule has 6 heteroatoms. The number of aldehydes is 1. The van der Waals surface area contributed by atoms with Crippen molar-refractivity contribution in [2.75, 3.05) is 6.54 Å². The van der Waals surface area contributed by atoms with Gasteiger partial charge in [-0.2, -0.15) is 0 Å². The van der Waals surface area contributed by atoms with Crippen LogP contribution < -0.4 is 5.32 Å². The maximum absolute atomic E-state index is 15.0. The SMILES string of the molecule is CC1=C2CC3C=CC(CC(=O)NCC=O)C=C3B(F)[N+]2=C(C)C1. The Balaban J connectivity index is 1.79. The predicted octanol–water partition coefficient (Wildman–Crippen LogP) is 1.97. The van der Waals surface area contributed by atoms with Gasteiger partial charge in [0.05, 0.1) is 13.0 Å². The molecule has 0 bridgehead atoms. The third kappa shape index (κ3) is 2.94. The van der Waals surface area contributed by atoms with Crippen molar-refractivity contribution in [3.8, 4) is 0 Å². The highest BCUT2D eigenvalue weighted by Crippen LogP contribution is 2.40. The van der Waals surface area contributed by atoms with Crippen LogP contribution in [0.25, 0.3) is 0 Å². The average Bonchev–Trinajstić information content (AvgIpc) is 2.80. The van der Waals surface area contributed by atoms with Crippen LogP contribution in [0.15, 0.2) is 35.0 Å². The van der Waals surface area contributed by atoms with Crippen molar-refractivity contribution in [2.45, 2.75) is 33.1 Å². The molecule has 120 valence electrons. The van der Waals surface area contributed by atoms with Gasteiger partial charge in [-0.1, -0.05) is 18.2 Å². The van der Waals surface area contributed by atoms with E-state index in [1.165, 1.54) is 5.57 Å².